The van der Waals surface area contributed by atoms with Crippen LogP contribution in [0.25, 0.3) is 0 Å². The number of carbonyl (C=O) groups is 1. The zero-order chi connectivity index (χ0) is 16.1. The van der Waals surface area contributed by atoms with Gasteiger partial charge in [-0.2, -0.15) is 5.10 Å². The quantitative estimate of drug-likeness (QED) is 0.768. The molecular formula is C17H24N4O. The van der Waals surface area contributed by atoms with E-state index < -0.39 is 0 Å². The molecule has 0 spiro atoms. The average Bonchev–Trinajstić information content (AvgIpc) is 2.83. The molecule has 2 aromatic rings. The number of hydrogen-bond acceptors (Lipinski definition) is 3. The Bertz CT molecular complexity index is 635. The zero-order valence-corrected chi connectivity index (χ0v) is 13.6. The molecule has 118 valence electrons. The molecule has 0 aliphatic carbocycles. The van der Waals surface area contributed by atoms with Crippen LogP contribution < -0.4 is 10.6 Å². The van der Waals surface area contributed by atoms with Crippen molar-refractivity contribution >= 4 is 11.6 Å². The number of carbonyl (C=O) groups excluding carboxylic acids is 1. The molecular weight excluding hydrogens is 276 g/mol. The molecule has 0 saturated heterocycles. The van der Waals surface area contributed by atoms with Gasteiger partial charge in [-0.15, -0.1) is 0 Å². The Morgan fingerprint density at radius 1 is 1.32 bits per heavy atom. The minimum atomic E-state index is -0.0555. The van der Waals surface area contributed by atoms with Gasteiger partial charge in [0, 0.05) is 36.8 Å². The number of nitrogens with one attached hydrogen (secondary N) is 3. The van der Waals surface area contributed by atoms with Crippen molar-refractivity contribution in [3.63, 3.8) is 0 Å². The summed E-state index contributed by atoms with van der Waals surface area (Å²) in [6.45, 7) is 7.80. The summed E-state index contributed by atoms with van der Waals surface area (Å²) < 4.78 is 0. The summed E-state index contributed by atoms with van der Waals surface area (Å²) in [5.74, 6) is -0.0555. The fourth-order valence-corrected chi connectivity index (χ4v) is 2.56. The van der Waals surface area contributed by atoms with E-state index in [0.717, 1.165) is 29.1 Å². The van der Waals surface area contributed by atoms with Gasteiger partial charge >= 0.3 is 0 Å². The van der Waals surface area contributed by atoms with Crippen molar-refractivity contribution in [1.29, 1.82) is 0 Å². The summed E-state index contributed by atoms with van der Waals surface area (Å²) in [6, 6.07) is 10.5. The molecule has 0 aliphatic heterocycles. The average molecular weight is 300 g/mol. The second-order valence-electron chi connectivity index (χ2n) is 5.84. The molecule has 1 amide bonds. The summed E-state index contributed by atoms with van der Waals surface area (Å²) in [5, 5.41) is 13.6. The standard InChI is InChI=1S/C17H24N4O/c1-11(8-17-9-12(2)20-21-17)18-13(3)15-6-5-7-16(10-15)19-14(4)22/h5-7,9-11,13,18H,8H2,1-4H3,(H,19,22)(H,20,21)/t11-,13+/m0/s1. The Morgan fingerprint density at radius 2 is 2.09 bits per heavy atom. The van der Waals surface area contributed by atoms with Crippen molar-refractivity contribution in [3.8, 4) is 0 Å². The van der Waals surface area contributed by atoms with Crippen LogP contribution in [0.2, 0.25) is 0 Å². The maximum absolute atomic E-state index is 11.1. The maximum Gasteiger partial charge on any atom is 0.221 e. The number of amides is 1. The van der Waals surface area contributed by atoms with Gasteiger partial charge in [-0.3, -0.25) is 9.89 Å². The molecule has 5 nitrogen and oxygen atoms in total. The summed E-state index contributed by atoms with van der Waals surface area (Å²) >= 11 is 0. The number of benzene rings is 1. The van der Waals surface area contributed by atoms with E-state index in [1.165, 1.54) is 6.92 Å². The third-order valence-corrected chi connectivity index (χ3v) is 3.52. The predicted molar refractivity (Wildman–Crippen MR) is 88.8 cm³/mol. The normalized spacial score (nSPS) is 13.6. The van der Waals surface area contributed by atoms with Crippen LogP contribution in [0.4, 0.5) is 5.69 Å². The Balaban J connectivity index is 1.96. The van der Waals surface area contributed by atoms with E-state index in [0.29, 0.717) is 6.04 Å². The lowest BCUT2D eigenvalue weighted by Gasteiger charge is -2.20. The van der Waals surface area contributed by atoms with Gasteiger partial charge in [0.15, 0.2) is 0 Å². The van der Waals surface area contributed by atoms with E-state index in [1.807, 2.05) is 25.1 Å². The lowest BCUT2D eigenvalue weighted by Crippen LogP contribution is -2.30. The molecule has 0 aliphatic rings. The van der Waals surface area contributed by atoms with Gasteiger partial charge in [-0.25, -0.2) is 0 Å². The number of H-pyrrole nitrogens is 1. The number of aromatic nitrogens is 2. The first-order valence-electron chi connectivity index (χ1n) is 7.58. The third-order valence-electron chi connectivity index (χ3n) is 3.52. The highest BCUT2D eigenvalue weighted by atomic mass is 16.1. The molecule has 0 radical (unpaired) electrons. The fourth-order valence-electron chi connectivity index (χ4n) is 2.56. The molecule has 1 aromatic heterocycles. The Kier molecular flexibility index (Phi) is 5.33. The minimum absolute atomic E-state index is 0.0555. The number of hydrogen-bond donors (Lipinski definition) is 3. The van der Waals surface area contributed by atoms with Gasteiger partial charge in [0.25, 0.3) is 0 Å². The molecule has 0 bridgehead atoms. The van der Waals surface area contributed by atoms with Crippen molar-refractivity contribution in [2.45, 2.75) is 46.2 Å². The first-order chi connectivity index (χ1) is 10.4. The number of aryl methyl sites for hydroxylation is 1. The molecule has 0 unspecified atom stereocenters. The maximum atomic E-state index is 11.1. The predicted octanol–water partition coefficient (Wildman–Crippen LogP) is 2.96. The first kappa shape index (κ1) is 16.2. The monoisotopic (exact) mass is 300 g/mol. The Hall–Kier alpha value is -2.14. The molecule has 2 rings (SSSR count). The highest BCUT2D eigenvalue weighted by Gasteiger charge is 2.12. The van der Waals surface area contributed by atoms with Crippen LogP contribution in [0, 0.1) is 6.92 Å². The largest absolute Gasteiger partial charge is 0.326 e. The van der Waals surface area contributed by atoms with Crippen LogP contribution in [0.3, 0.4) is 0 Å². The summed E-state index contributed by atoms with van der Waals surface area (Å²) in [6.07, 6.45) is 0.875. The van der Waals surface area contributed by atoms with E-state index in [-0.39, 0.29) is 11.9 Å². The molecule has 3 N–H and O–H groups in total. The second kappa shape index (κ2) is 7.22. The fraction of sp³-hybridized carbons (Fsp3) is 0.412. The van der Waals surface area contributed by atoms with Gasteiger partial charge in [0.1, 0.15) is 0 Å². The Labute approximate surface area is 131 Å². The van der Waals surface area contributed by atoms with E-state index in [2.05, 4.69) is 46.8 Å². The van der Waals surface area contributed by atoms with Crippen molar-refractivity contribution in [3.05, 3.63) is 47.3 Å². The molecule has 1 aromatic carbocycles. The highest BCUT2D eigenvalue weighted by Crippen LogP contribution is 2.18. The smallest absolute Gasteiger partial charge is 0.221 e. The molecule has 5 heteroatoms. The van der Waals surface area contributed by atoms with Crippen LogP contribution in [0.15, 0.2) is 30.3 Å². The van der Waals surface area contributed by atoms with Crippen molar-refractivity contribution in [2.24, 2.45) is 0 Å². The van der Waals surface area contributed by atoms with E-state index in [1.54, 1.807) is 0 Å². The van der Waals surface area contributed by atoms with Gasteiger partial charge in [0.2, 0.25) is 5.91 Å². The number of rotatable bonds is 6. The Morgan fingerprint density at radius 3 is 2.73 bits per heavy atom. The number of nitrogens with zero attached hydrogens (tertiary/aromatic N) is 1. The molecule has 22 heavy (non-hydrogen) atoms. The third kappa shape index (κ3) is 4.70. The van der Waals surface area contributed by atoms with Gasteiger partial charge in [0.05, 0.1) is 5.69 Å². The SMILES string of the molecule is CC(=O)Nc1cccc([C@@H](C)N[C@@H](C)Cc2cc(C)[nH]n2)c1. The minimum Gasteiger partial charge on any atom is -0.326 e. The van der Waals surface area contributed by atoms with Gasteiger partial charge in [-0.1, -0.05) is 12.1 Å². The molecule has 0 saturated carbocycles. The van der Waals surface area contributed by atoms with E-state index >= 15 is 0 Å². The second-order valence-corrected chi connectivity index (χ2v) is 5.84. The first-order valence-corrected chi connectivity index (χ1v) is 7.58. The highest BCUT2D eigenvalue weighted by molar-refractivity contribution is 5.88. The van der Waals surface area contributed by atoms with Crippen LogP contribution in [0.5, 0.6) is 0 Å². The zero-order valence-electron chi connectivity index (χ0n) is 13.6. The van der Waals surface area contributed by atoms with Gasteiger partial charge < -0.3 is 10.6 Å². The van der Waals surface area contributed by atoms with Gasteiger partial charge in [-0.05, 0) is 44.5 Å². The molecule has 1 heterocycles. The van der Waals surface area contributed by atoms with Crippen LogP contribution in [-0.2, 0) is 11.2 Å². The summed E-state index contributed by atoms with van der Waals surface area (Å²) in [4.78, 5) is 11.1. The van der Waals surface area contributed by atoms with Crippen LogP contribution in [-0.4, -0.2) is 22.1 Å². The van der Waals surface area contributed by atoms with Crippen molar-refractivity contribution in [1.82, 2.24) is 15.5 Å². The summed E-state index contributed by atoms with van der Waals surface area (Å²) in [5.41, 5.74) is 4.13. The van der Waals surface area contributed by atoms with E-state index in [9.17, 15) is 4.79 Å². The number of anilines is 1. The molecule has 2 atom stereocenters. The summed E-state index contributed by atoms with van der Waals surface area (Å²) in [7, 11) is 0. The van der Waals surface area contributed by atoms with Crippen LogP contribution >= 0.6 is 0 Å². The lowest BCUT2D eigenvalue weighted by atomic mass is 10.1. The number of aromatic amines is 1. The topological polar surface area (TPSA) is 69.8 Å². The molecule has 0 fully saturated rings. The van der Waals surface area contributed by atoms with Crippen LogP contribution in [0.1, 0.15) is 43.8 Å². The lowest BCUT2D eigenvalue weighted by molar-refractivity contribution is -0.114. The van der Waals surface area contributed by atoms with E-state index in [4.69, 9.17) is 0 Å². The van der Waals surface area contributed by atoms with Crippen molar-refractivity contribution < 1.29 is 4.79 Å². The van der Waals surface area contributed by atoms with Crippen molar-refractivity contribution in [2.75, 3.05) is 5.32 Å².